The van der Waals surface area contributed by atoms with Crippen molar-refractivity contribution in [2.24, 2.45) is 5.92 Å². The van der Waals surface area contributed by atoms with Gasteiger partial charge >= 0.3 is 0 Å². The lowest BCUT2D eigenvalue weighted by molar-refractivity contribution is -0.0967. The van der Waals surface area contributed by atoms with Crippen molar-refractivity contribution < 1.29 is 13.5 Å². The summed E-state index contributed by atoms with van der Waals surface area (Å²) < 4.78 is 23.5. The van der Waals surface area contributed by atoms with Gasteiger partial charge in [-0.3, -0.25) is 9.80 Å². The fourth-order valence-electron chi connectivity index (χ4n) is 5.74. The Kier molecular flexibility index (Phi) is 6.30. The van der Waals surface area contributed by atoms with E-state index in [1.54, 1.807) is 0 Å². The molecular weight excluding hydrogens is 398 g/mol. The monoisotopic (exact) mass is 435 g/mol. The summed E-state index contributed by atoms with van der Waals surface area (Å²) in [5.41, 5.74) is 1.24. The normalized spacial score (nSPS) is 33.8. The van der Waals surface area contributed by atoms with E-state index < -0.39 is 16.2 Å². The smallest absolute Gasteiger partial charge is 0.166 e. The molecule has 3 aliphatic rings. The second-order valence-corrected chi connectivity index (χ2v) is 12.1. The lowest BCUT2D eigenvalue weighted by atomic mass is 9.68. The molecule has 1 aromatic carbocycles. The van der Waals surface area contributed by atoms with Gasteiger partial charge in [-0.2, -0.15) is 0 Å². The van der Waals surface area contributed by atoms with Crippen molar-refractivity contribution in [2.45, 2.75) is 62.4 Å². The minimum Gasteiger partial charge on any atom is -0.365 e. The van der Waals surface area contributed by atoms with Crippen molar-refractivity contribution in [1.82, 2.24) is 15.1 Å². The summed E-state index contributed by atoms with van der Waals surface area (Å²) in [5, 5.41) is 14.8. The van der Waals surface area contributed by atoms with Crippen molar-refractivity contribution >= 4 is 9.84 Å². The first-order chi connectivity index (χ1) is 14.3. The maximum absolute atomic E-state index is 11.7. The zero-order chi connectivity index (χ0) is 21.4. The van der Waals surface area contributed by atoms with Gasteiger partial charge in [0.05, 0.1) is 5.75 Å². The highest BCUT2D eigenvalue weighted by Crippen LogP contribution is 2.48. The SMILES string of the molecule is CN[C@]1(c2ccccc2)CC[C@]2(CC1)CN(CCS(C)(=O)=O)C(O)N2CC1CCC1. The molecule has 1 aliphatic heterocycles. The molecule has 0 aromatic heterocycles. The van der Waals surface area contributed by atoms with E-state index in [9.17, 15) is 13.5 Å². The topological polar surface area (TPSA) is 72.9 Å². The second-order valence-electron chi connectivity index (χ2n) is 9.82. The van der Waals surface area contributed by atoms with E-state index >= 15 is 0 Å². The van der Waals surface area contributed by atoms with E-state index in [1.807, 2.05) is 4.90 Å². The van der Waals surface area contributed by atoms with Crippen LogP contribution in [0.25, 0.3) is 0 Å². The van der Waals surface area contributed by atoms with Crippen molar-refractivity contribution in [2.75, 3.05) is 38.7 Å². The summed E-state index contributed by atoms with van der Waals surface area (Å²) in [7, 11) is -0.997. The Hall–Kier alpha value is -0.990. The minimum atomic E-state index is -3.05. The molecule has 1 aromatic rings. The molecule has 2 aliphatic carbocycles. The third-order valence-corrected chi connectivity index (χ3v) is 8.90. The predicted octanol–water partition coefficient (Wildman–Crippen LogP) is 2.15. The van der Waals surface area contributed by atoms with Gasteiger partial charge in [-0.25, -0.2) is 8.42 Å². The van der Waals surface area contributed by atoms with Gasteiger partial charge in [0.2, 0.25) is 0 Å². The number of nitrogens with one attached hydrogen (secondary N) is 1. The Balaban J connectivity index is 1.54. The second kappa shape index (κ2) is 8.51. The fraction of sp³-hybridized carbons (Fsp3) is 0.739. The molecule has 1 heterocycles. The summed E-state index contributed by atoms with van der Waals surface area (Å²) in [6, 6.07) is 10.7. The third kappa shape index (κ3) is 4.32. The van der Waals surface area contributed by atoms with E-state index in [4.69, 9.17) is 0 Å². The number of benzene rings is 1. The molecule has 168 valence electrons. The van der Waals surface area contributed by atoms with Crippen LogP contribution >= 0.6 is 0 Å². The standard InChI is InChI=1S/C23H37N3O3S/c1-24-23(20-9-4-3-5-10-20)13-11-22(12-14-23)18-25(15-16-30(2,28)29)21(27)26(22)17-19-7-6-8-19/h3-5,9-10,19,21,24,27H,6-8,11-18H2,1-2H3/t21?,22-,23+. The molecule has 6 nitrogen and oxygen atoms in total. The van der Waals surface area contributed by atoms with E-state index in [1.165, 1.54) is 31.1 Å². The van der Waals surface area contributed by atoms with Crippen LogP contribution in [0, 0.1) is 5.92 Å². The molecule has 2 N–H and O–H groups in total. The van der Waals surface area contributed by atoms with Gasteiger partial charge in [0.1, 0.15) is 9.84 Å². The highest BCUT2D eigenvalue weighted by Gasteiger charge is 2.54. The average Bonchev–Trinajstić information content (AvgIpc) is 2.95. The van der Waals surface area contributed by atoms with Crippen LogP contribution in [0.5, 0.6) is 0 Å². The molecule has 7 heteroatoms. The van der Waals surface area contributed by atoms with Gasteiger partial charge in [0, 0.05) is 37.0 Å². The molecule has 2 saturated carbocycles. The number of nitrogens with zero attached hydrogens (tertiary/aromatic N) is 2. The van der Waals surface area contributed by atoms with Gasteiger partial charge in [-0.15, -0.1) is 0 Å². The Labute approximate surface area is 181 Å². The molecule has 0 radical (unpaired) electrons. The molecule has 4 rings (SSSR count). The number of hydrogen-bond donors (Lipinski definition) is 2. The van der Waals surface area contributed by atoms with Crippen LogP contribution < -0.4 is 5.32 Å². The lowest BCUT2D eigenvalue weighted by Crippen LogP contribution is -2.57. The van der Waals surface area contributed by atoms with Gasteiger partial charge in [0.15, 0.2) is 6.35 Å². The third-order valence-electron chi connectivity index (χ3n) is 7.98. The predicted molar refractivity (Wildman–Crippen MR) is 120 cm³/mol. The van der Waals surface area contributed by atoms with Gasteiger partial charge in [-0.05, 0) is 57.1 Å². The molecule has 3 fully saturated rings. The Morgan fingerprint density at radius 2 is 1.80 bits per heavy atom. The zero-order valence-electron chi connectivity index (χ0n) is 18.4. The average molecular weight is 436 g/mol. The summed E-state index contributed by atoms with van der Waals surface area (Å²) >= 11 is 0. The quantitative estimate of drug-likeness (QED) is 0.684. The number of aliphatic hydroxyl groups excluding tert-OH is 1. The summed E-state index contributed by atoms with van der Waals surface area (Å²) in [6.07, 6.45) is 8.41. The Morgan fingerprint density at radius 1 is 1.13 bits per heavy atom. The molecule has 1 atom stereocenters. The number of sulfone groups is 1. The van der Waals surface area contributed by atoms with Crippen LogP contribution in [-0.4, -0.2) is 73.9 Å². The molecule has 1 saturated heterocycles. The van der Waals surface area contributed by atoms with Crippen molar-refractivity contribution in [1.29, 1.82) is 0 Å². The van der Waals surface area contributed by atoms with Crippen LogP contribution in [0.3, 0.4) is 0 Å². The first kappa shape index (κ1) is 22.2. The molecule has 0 amide bonds. The van der Waals surface area contributed by atoms with Crippen LogP contribution in [0.1, 0.15) is 50.5 Å². The zero-order valence-corrected chi connectivity index (χ0v) is 19.2. The van der Waals surface area contributed by atoms with Crippen LogP contribution in [-0.2, 0) is 15.4 Å². The number of aliphatic hydroxyl groups is 1. The largest absolute Gasteiger partial charge is 0.365 e. The minimum absolute atomic E-state index is 0.0280. The summed E-state index contributed by atoms with van der Waals surface area (Å²) in [4.78, 5) is 4.32. The maximum Gasteiger partial charge on any atom is 0.166 e. The van der Waals surface area contributed by atoms with E-state index in [0.29, 0.717) is 12.5 Å². The summed E-state index contributed by atoms with van der Waals surface area (Å²) in [5.74, 6) is 0.763. The first-order valence-electron chi connectivity index (χ1n) is 11.4. The van der Waals surface area contributed by atoms with Gasteiger partial charge in [0.25, 0.3) is 0 Å². The first-order valence-corrected chi connectivity index (χ1v) is 13.4. The van der Waals surface area contributed by atoms with Crippen LogP contribution in [0.15, 0.2) is 30.3 Å². The van der Waals surface area contributed by atoms with Crippen LogP contribution in [0.2, 0.25) is 0 Å². The maximum atomic E-state index is 11.7. The van der Waals surface area contributed by atoms with Crippen molar-refractivity contribution in [3.05, 3.63) is 35.9 Å². The Morgan fingerprint density at radius 3 is 2.33 bits per heavy atom. The van der Waals surface area contributed by atoms with Crippen molar-refractivity contribution in [3.63, 3.8) is 0 Å². The van der Waals surface area contributed by atoms with Gasteiger partial charge < -0.3 is 10.4 Å². The lowest BCUT2D eigenvalue weighted by Gasteiger charge is -2.50. The molecule has 1 spiro atoms. The fourth-order valence-corrected chi connectivity index (χ4v) is 6.31. The number of hydrogen-bond acceptors (Lipinski definition) is 6. The molecule has 0 bridgehead atoms. The molecule has 1 unspecified atom stereocenters. The van der Waals surface area contributed by atoms with Crippen LogP contribution in [0.4, 0.5) is 0 Å². The number of rotatable bonds is 7. The summed E-state index contributed by atoms with van der Waals surface area (Å²) in [6.45, 7) is 2.08. The Bertz CT molecular complexity index is 817. The molecule has 30 heavy (non-hydrogen) atoms. The van der Waals surface area contributed by atoms with Gasteiger partial charge in [-0.1, -0.05) is 36.8 Å². The van der Waals surface area contributed by atoms with E-state index in [-0.39, 0.29) is 16.8 Å². The van der Waals surface area contributed by atoms with E-state index in [0.717, 1.165) is 38.8 Å². The highest BCUT2D eigenvalue weighted by atomic mass is 32.2. The highest BCUT2D eigenvalue weighted by molar-refractivity contribution is 7.90. The molecular formula is C23H37N3O3S. The van der Waals surface area contributed by atoms with Crippen molar-refractivity contribution in [3.8, 4) is 0 Å². The van der Waals surface area contributed by atoms with E-state index in [2.05, 4.69) is 47.6 Å².